The van der Waals surface area contributed by atoms with Crippen molar-refractivity contribution in [2.45, 2.75) is 6.92 Å². The normalized spacial score (nSPS) is 9.24. The second kappa shape index (κ2) is 6.34. The first kappa shape index (κ1) is 13.6. The maximum Gasteiger partial charge on any atom is 2.00 e. The van der Waals surface area contributed by atoms with Crippen molar-refractivity contribution in [1.29, 1.82) is 0 Å². The number of aromatic nitrogens is 1. The van der Waals surface area contributed by atoms with Crippen molar-refractivity contribution in [2.24, 2.45) is 0 Å². The van der Waals surface area contributed by atoms with Crippen LogP contribution in [0.1, 0.15) is 15.9 Å². The number of Topliss-reactive ketones (excluding diaryl/α,β-unsaturated/α-hetero) is 1. The molecule has 17 heavy (non-hydrogen) atoms. The minimum Gasteiger partial charge on any atom is -0.362 e. The van der Waals surface area contributed by atoms with Gasteiger partial charge in [0, 0.05) is 0 Å². The predicted octanol–water partition coefficient (Wildman–Crippen LogP) is 1.97. The summed E-state index contributed by atoms with van der Waals surface area (Å²) in [5.74, 6) is -0.0468. The molecule has 0 spiro atoms. The number of nitrogens with zero attached hydrogens (tertiary/aromatic N) is 1. The zero-order valence-electron chi connectivity index (χ0n) is 9.37. The van der Waals surface area contributed by atoms with E-state index in [1.54, 1.807) is 23.2 Å². The molecule has 0 atom stereocenters. The van der Waals surface area contributed by atoms with Gasteiger partial charge >= 0.3 is 20.4 Å². The van der Waals surface area contributed by atoms with Gasteiger partial charge in [0.25, 0.3) is 0 Å². The summed E-state index contributed by atoms with van der Waals surface area (Å²) in [4.78, 5) is 11.8. The first-order chi connectivity index (χ1) is 7.75. The number of hydrogen-bond donors (Lipinski definition) is 0. The van der Waals surface area contributed by atoms with Gasteiger partial charge in [-0.05, 0) is 19.1 Å². The molecule has 0 aliphatic carbocycles. The molecule has 0 unspecified atom stereocenters. The smallest absolute Gasteiger partial charge is 0.362 e. The summed E-state index contributed by atoms with van der Waals surface area (Å²) >= 11 is 0. The molecule has 1 aromatic carbocycles. The van der Waals surface area contributed by atoms with Gasteiger partial charge in [-0.15, -0.1) is 6.07 Å². The summed E-state index contributed by atoms with van der Waals surface area (Å²) < 4.78 is 1.75. The monoisotopic (exact) mass is 316 g/mol. The first-order valence-corrected chi connectivity index (χ1v) is 5.09. The fourth-order valence-electron chi connectivity index (χ4n) is 1.35. The molecule has 0 radical (unpaired) electrons. The van der Waals surface area contributed by atoms with Crippen LogP contribution in [0, 0.1) is 19.5 Å². The Bertz CT molecular complexity index is 479. The van der Waals surface area contributed by atoms with Gasteiger partial charge in [0.2, 0.25) is 0 Å². The largest absolute Gasteiger partial charge is 2.00 e. The van der Waals surface area contributed by atoms with E-state index in [4.69, 9.17) is 0 Å². The third kappa shape index (κ3) is 3.81. The van der Waals surface area contributed by atoms with Gasteiger partial charge in [0.1, 0.15) is 0 Å². The van der Waals surface area contributed by atoms with Gasteiger partial charge in [-0.2, -0.15) is 29.8 Å². The molecule has 0 N–H and O–H groups in total. The van der Waals surface area contributed by atoms with Crippen LogP contribution in [-0.4, -0.2) is 5.78 Å². The molecule has 0 aliphatic rings. The molecule has 1 aromatic heterocycles. The Hall–Kier alpha value is -1.43. The van der Waals surface area contributed by atoms with E-state index in [1.165, 1.54) is 5.56 Å². The molecule has 0 amide bonds. The van der Waals surface area contributed by atoms with Crippen LogP contribution in [0.3, 0.4) is 0 Å². The number of aryl methyl sites for hydroxylation is 1. The molecule has 2 nitrogen and oxygen atoms in total. The second-order valence-corrected chi connectivity index (χ2v) is 3.59. The SMILES string of the molecule is Cc1cc[n+]([CH-]C(=O)c2[c-]cccc2)cc1.[Pd+2]. The van der Waals surface area contributed by atoms with E-state index < -0.39 is 0 Å². The number of carbonyl (C=O) groups excluding carboxylic acids is 1. The van der Waals surface area contributed by atoms with E-state index in [9.17, 15) is 4.79 Å². The van der Waals surface area contributed by atoms with Crippen LogP contribution in [0.25, 0.3) is 0 Å². The Morgan fingerprint density at radius 3 is 2.53 bits per heavy atom. The van der Waals surface area contributed by atoms with Crippen LogP contribution >= 0.6 is 0 Å². The van der Waals surface area contributed by atoms with Crippen LogP contribution in [0.15, 0.2) is 48.8 Å². The number of benzene rings is 1. The van der Waals surface area contributed by atoms with Gasteiger partial charge in [-0.25, -0.2) is 0 Å². The summed E-state index contributed by atoms with van der Waals surface area (Å²) in [6.07, 6.45) is 3.71. The number of ketones is 1. The summed E-state index contributed by atoms with van der Waals surface area (Å²) in [5.41, 5.74) is 1.75. The van der Waals surface area contributed by atoms with E-state index in [-0.39, 0.29) is 26.2 Å². The number of hydrogen-bond acceptors (Lipinski definition) is 1. The minimum atomic E-state index is -0.0468. The molecule has 0 fully saturated rings. The van der Waals surface area contributed by atoms with Crippen LogP contribution < -0.4 is 4.57 Å². The van der Waals surface area contributed by atoms with Gasteiger partial charge in [0.15, 0.2) is 0 Å². The van der Waals surface area contributed by atoms with Crippen molar-refractivity contribution in [3.05, 3.63) is 72.5 Å². The van der Waals surface area contributed by atoms with Crippen LogP contribution in [0.2, 0.25) is 0 Å². The van der Waals surface area contributed by atoms with E-state index in [2.05, 4.69) is 6.07 Å². The molecule has 88 valence electrons. The standard InChI is InChI=1S/C14H12NO.Pd/c1-12-7-9-15(10-8-12)11-14(16)13-5-3-2-4-6-13;/h2-5,7-11H,1H3;/q-1;+2. The van der Waals surface area contributed by atoms with Gasteiger partial charge in [-0.3, -0.25) is 4.57 Å². The van der Waals surface area contributed by atoms with Crippen LogP contribution in [0.4, 0.5) is 0 Å². The Balaban J connectivity index is 0.00000144. The molecule has 2 aromatic rings. The number of pyridine rings is 1. The third-order valence-corrected chi connectivity index (χ3v) is 2.26. The Labute approximate surface area is 115 Å². The summed E-state index contributed by atoms with van der Waals surface area (Å²) in [6, 6.07) is 14.0. The summed E-state index contributed by atoms with van der Waals surface area (Å²) in [5, 5.41) is 0. The predicted molar refractivity (Wildman–Crippen MR) is 60.7 cm³/mol. The topological polar surface area (TPSA) is 20.9 Å². The maximum absolute atomic E-state index is 11.8. The summed E-state index contributed by atoms with van der Waals surface area (Å²) in [6.45, 7) is 3.56. The molecule has 0 saturated carbocycles. The van der Waals surface area contributed by atoms with Crippen LogP contribution in [-0.2, 0) is 20.4 Å². The first-order valence-electron chi connectivity index (χ1n) is 5.09. The average molecular weight is 317 g/mol. The Morgan fingerprint density at radius 1 is 1.24 bits per heavy atom. The van der Waals surface area contributed by atoms with E-state index in [0.717, 1.165) is 0 Å². The van der Waals surface area contributed by atoms with Gasteiger partial charge in [-0.1, -0.05) is 5.56 Å². The molecule has 0 aliphatic heterocycles. The molecular formula is C14H12NOPd+. The fraction of sp³-hybridized carbons (Fsp3) is 0.0714. The molecule has 0 saturated heterocycles. The molecular weight excluding hydrogens is 305 g/mol. The fourth-order valence-corrected chi connectivity index (χ4v) is 1.35. The molecule has 1 heterocycles. The maximum atomic E-state index is 11.8. The third-order valence-electron chi connectivity index (χ3n) is 2.26. The van der Waals surface area contributed by atoms with Gasteiger partial charge < -0.3 is 4.79 Å². The quantitative estimate of drug-likeness (QED) is 0.367. The van der Waals surface area contributed by atoms with E-state index >= 15 is 0 Å². The Kier molecular flexibility index (Phi) is 5.09. The Morgan fingerprint density at radius 2 is 1.94 bits per heavy atom. The van der Waals surface area contributed by atoms with Crippen molar-refractivity contribution in [3.63, 3.8) is 0 Å². The summed E-state index contributed by atoms with van der Waals surface area (Å²) in [7, 11) is 0. The molecule has 2 rings (SSSR count). The second-order valence-electron chi connectivity index (χ2n) is 3.59. The van der Waals surface area contributed by atoms with Crippen molar-refractivity contribution >= 4 is 5.78 Å². The molecule has 0 bridgehead atoms. The van der Waals surface area contributed by atoms with E-state index in [1.807, 2.05) is 43.6 Å². The number of carbonyl (C=O) groups is 1. The van der Waals surface area contributed by atoms with Crippen molar-refractivity contribution in [1.82, 2.24) is 0 Å². The average Bonchev–Trinajstić information content (AvgIpc) is 2.33. The van der Waals surface area contributed by atoms with Crippen molar-refractivity contribution in [3.8, 4) is 0 Å². The number of rotatable bonds is 3. The molecule has 3 heteroatoms. The zero-order valence-corrected chi connectivity index (χ0v) is 10.9. The van der Waals surface area contributed by atoms with Crippen molar-refractivity contribution in [2.75, 3.05) is 0 Å². The van der Waals surface area contributed by atoms with Crippen molar-refractivity contribution < 1.29 is 29.8 Å². The van der Waals surface area contributed by atoms with Crippen LogP contribution in [0.5, 0.6) is 0 Å². The van der Waals surface area contributed by atoms with E-state index in [0.29, 0.717) is 5.56 Å². The zero-order chi connectivity index (χ0) is 11.4. The van der Waals surface area contributed by atoms with Gasteiger partial charge in [0.05, 0.1) is 24.7 Å². The minimum absolute atomic E-state index is 0.